The van der Waals surface area contributed by atoms with E-state index in [0.717, 1.165) is 18.9 Å². The summed E-state index contributed by atoms with van der Waals surface area (Å²) in [5.74, 6) is 0.805. The van der Waals surface area contributed by atoms with Crippen LogP contribution in [0.4, 0.5) is 5.82 Å². The Morgan fingerprint density at radius 3 is 2.89 bits per heavy atom. The number of likely N-dealkylation sites (N-methyl/N-ethyl adjacent to an activating group) is 1. The number of anilines is 1. The molecular weight excluding hydrogens is 232 g/mol. The molecule has 6 heteroatoms. The number of rotatable bonds is 7. The van der Waals surface area contributed by atoms with Crippen molar-refractivity contribution in [2.75, 3.05) is 31.2 Å². The van der Waals surface area contributed by atoms with Gasteiger partial charge in [-0.25, -0.2) is 4.98 Å². The van der Waals surface area contributed by atoms with Crippen LogP contribution in [0.1, 0.15) is 19.5 Å². The van der Waals surface area contributed by atoms with Gasteiger partial charge >= 0.3 is 0 Å². The van der Waals surface area contributed by atoms with Crippen molar-refractivity contribution in [2.24, 2.45) is 10.9 Å². The van der Waals surface area contributed by atoms with Gasteiger partial charge in [-0.1, -0.05) is 11.2 Å². The van der Waals surface area contributed by atoms with Crippen molar-refractivity contribution >= 4 is 11.7 Å². The van der Waals surface area contributed by atoms with E-state index in [2.05, 4.69) is 15.0 Å². The molecule has 18 heavy (non-hydrogen) atoms. The lowest BCUT2D eigenvalue weighted by Gasteiger charge is -2.22. The SMILES string of the molecule is CCOCCN(CC)c1cccc(C(N)=NO)n1. The topological polar surface area (TPSA) is 84.0 Å². The van der Waals surface area contributed by atoms with Gasteiger partial charge in [-0.15, -0.1) is 0 Å². The van der Waals surface area contributed by atoms with Crippen molar-refractivity contribution < 1.29 is 9.94 Å². The summed E-state index contributed by atoms with van der Waals surface area (Å²) < 4.78 is 5.33. The highest BCUT2D eigenvalue weighted by Crippen LogP contribution is 2.11. The lowest BCUT2D eigenvalue weighted by molar-refractivity contribution is 0.154. The molecule has 0 aromatic carbocycles. The number of hydrogen-bond donors (Lipinski definition) is 2. The average molecular weight is 252 g/mol. The van der Waals surface area contributed by atoms with Gasteiger partial charge in [-0.2, -0.15) is 0 Å². The first kappa shape index (κ1) is 14.2. The highest BCUT2D eigenvalue weighted by molar-refractivity contribution is 5.95. The molecule has 0 atom stereocenters. The summed E-state index contributed by atoms with van der Waals surface area (Å²) in [5, 5.41) is 11.6. The molecule has 0 saturated heterocycles. The number of amidine groups is 1. The molecule has 0 aliphatic carbocycles. The lowest BCUT2D eigenvalue weighted by Crippen LogP contribution is -2.28. The number of nitrogens with two attached hydrogens (primary N) is 1. The van der Waals surface area contributed by atoms with E-state index in [9.17, 15) is 0 Å². The number of pyridine rings is 1. The van der Waals surface area contributed by atoms with Crippen LogP contribution in [0.2, 0.25) is 0 Å². The van der Waals surface area contributed by atoms with Gasteiger partial charge < -0.3 is 20.6 Å². The minimum absolute atomic E-state index is 0.0118. The van der Waals surface area contributed by atoms with E-state index >= 15 is 0 Å². The van der Waals surface area contributed by atoms with Crippen LogP contribution >= 0.6 is 0 Å². The normalized spacial score (nSPS) is 11.6. The molecule has 0 amide bonds. The fourth-order valence-electron chi connectivity index (χ4n) is 1.55. The quantitative estimate of drug-likeness (QED) is 0.249. The zero-order chi connectivity index (χ0) is 13.4. The molecule has 100 valence electrons. The van der Waals surface area contributed by atoms with Gasteiger partial charge in [0.15, 0.2) is 5.84 Å². The third-order valence-electron chi connectivity index (χ3n) is 2.52. The number of aromatic nitrogens is 1. The molecule has 6 nitrogen and oxygen atoms in total. The Morgan fingerprint density at radius 2 is 2.28 bits per heavy atom. The molecule has 1 aromatic rings. The maximum atomic E-state index is 8.64. The summed E-state index contributed by atoms with van der Waals surface area (Å²) >= 11 is 0. The first-order valence-electron chi connectivity index (χ1n) is 6.00. The van der Waals surface area contributed by atoms with Gasteiger partial charge in [0.05, 0.1) is 6.61 Å². The lowest BCUT2D eigenvalue weighted by atomic mass is 10.3. The van der Waals surface area contributed by atoms with Crippen LogP contribution < -0.4 is 10.6 Å². The second kappa shape index (κ2) is 7.50. The number of nitrogens with zero attached hydrogens (tertiary/aromatic N) is 3. The molecule has 0 unspecified atom stereocenters. The van der Waals surface area contributed by atoms with Crippen molar-refractivity contribution in [2.45, 2.75) is 13.8 Å². The summed E-state index contributed by atoms with van der Waals surface area (Å²) in [5.41, 5.74) is 5.98. The van der Waals surface area contributed by atoms with E-state index in [-0.39, 0.29) is 5.84 Å². The van der Waals surface area contributed by atoms with Gasteiger partial charge in [-0.05, 0) is 26.0 Å². The van der Waals surface area contributed by atoms with Gasteiger partial charge in [-0.3, -0.25) is 0 Å². The van der Waals surface area contributed by atoms with Crippen LogP contribution in [0.3, 0.4) is 0 Å². The largest absolute Gasteiger partial charge is 0.409 e. The fourth-order valence-corrected chi connectivity index (χ4v) is 1.55. The minimum atomic E-state index is 0.0118. The third-order valence-corrected chi connectivity index (χ3v) is 2.52. The van der Waals surface area contributed by atoms with E-state index in [1.54, 1.807) is 6.07 Å². The Labute approximate surface area is 107 Å². The maximum Gasteiger partial charge on any atom is 0.188 e. The van der Waals surface area contributed by atoms with Crippen molar-refractivity contribution in [3.05, 3.63) is 23.9 Å². The molecule has 1 aromatic heterocycles. The van der Waals surface area contributed by atoms with E-state index in [0.29, 0.717) is 18.9 Å². The van der Waals surface area contributed by atoms with Gasteiger partial charge in [0, 0.05) is 19.7 Å². The molecule has 0 spiro atoms. The Hall–Kier alpha value is -1.82. The zero-order valence-corrected chi connectivity index (χ0v) is 10.8. The molecule has 0 saturated carbocycles. The van der Waals surface area contributed by atoms with E-state index in [4.69, 9.17) is 15.7 Å². The van der Waals surface area contributed by atoms with E-state index < -0.39 is 0 Å². The molecule has 1 heterocycles. The Kier molecular flexibility index (Phi) is 5.93. The zero-order valence-electron chi connectivity index (χ0n) is 10.8. The smallest absolute Gasteiger partial charge is 0.188 e. The molecule has 0 aliphatic heterocycles. The average Bonchev–Trinajstić information content (AvgIpc) is 2.43. The first-order valence-corrected chi connectivity index (χ1v) is 6.00. The first-order chi connectivity index (χ1) is 8.72. The summed E-state index contributed by atoms with van der Waals surface area (Å²) in [6.45, 7) is 6.95. The van der Waals surface area contributed by atoms with Crippen LogP contribution in [-0.4, -0.2) is 42.3 Å². The van der Waals surface area contributed by atoms with Crippen LogP contribution in [0.15, 0.2) is 23.4 Å². The number of hydrogen-bond acceptors (Lipinski definition) is 5. The van der Waals surface area contributed by atoms with Crippen LogP contribution in [-0.2, 0) is 4.74 Å². The minimum Gasteiger partial charge on any atom is -0.409 e. The summed E-state index contributed by atoms with van der Waals surface area (Å²) in [4.78, 5) is 6.42. The predicted molar refractivity (Wildman–Crippen MR) is 71.1 cm³/mol. The molecule has 0 aliphatic rings. The summed E-state index contributed by atoms with van der Waals surface area (Å²) in [6.07, 6.45) is 0. The summed E-state index contributed by atoms with van der Waals surface area (Å²) in [6, 6.07) is 5.43. The molecule has 0 bridgehead atoms. The second-order valence-electron chi connectivity index (χ2n) is 3.64. The van der Waals surface area contributed by atoms with Crippen molar-refractivity contribution in [3.8, 4) is 0 Å². The highest BCUT2D eigenvalue weighted by atomic mass is 16.5. The van der Waals surface area contributed by atoms with Crippen LogP contribution in [0.25, 0.3) is 0 Å². The molecule has 3 N–H and O–H groups in total. The van der Waals surface area contributed by atoms with E-state index in [1.807, 2.05) is 26.0 Å². The Bertz CT molecular complexity index is 395. The van der Waals surface area contributed by atoms with Gasteiger partial charge in [0.1, 0.15) is 11.5 Å². The van der Waals surface area contributed by atoms with E-state index in [1.165, 1.54) is 0 Å². The Morgan fingerprint density at radius 1 is 1.50 bits per heavy atom. The molecule has 0 fully saturated rings. The standard InChI is InChI=1S/C12H20N4O2/c1-3-16(8-9-18-4-2)11-7-5-6-10(14-11)12(13)15-17/h5-7,17H,3-4,8-9H2,1-2H3,(H2,13,15). The van der Waals surface area contributed by atoms with Crippen molar-refractivity contribution in [1.82, 2.24) is 4.98 Å². The number of oxime groups is 1. The van der Waals surface area contributed by atoms with Crippen LogP contribution in [0, 0.1) is 0 Å². The highest BCUT2D eigenvalue weighted by Gasteiger charge is 2.08. The van der Waals surface area contributed by atoms with Gasteiger partial charge in [0.25, 0.3) is 0 Å². The maximum absolute atomic E-state index is 8.64. The van der Waals surface area contributed by atoms with Crippen LogP contribution in [0.5, 0.6) is 0 Å². The third kappa shape index (κ3) is 3.89. The molecular formula is C12H20N4O2. The van der Waals surface area contributed by atoms with Crippen molar-refractivity contribution in [3.63, 3.8) is 0 Å². The molecule has 0 radical (unpaired) electrons. The summed E-state index contributed by atoms with van der Waals surface area (Å²) in [7, 11) is 0. The predicted octanol–water partition coefficient (Wildman–Crippen LogP) is 1.04. The van der Waals surface area contributed by atoms with Crippen molar-refractivity contribution in [1.29, 1.82) is 0 Å². The Balaban J connectivity index is 2.79. The second-order valence-corrected chi connectivity index (χ2v) is 3.64. The fraction of sp³-hybridized carbons (Fsp3) is 0.500. The number of ether oxygens (including phenoxy) is 1. The van der Waals surface area contributed by atoms with Gasteiger partial charge in [0.2, 0.25) is 0 Å². The monoisotopic (exact) mass is 252 g/mol. The molecule has 1 rings (SSSR count).